The smallest absolute Gasteiger partial charge is 0.251 e. The number of halogens is 1. The summed E-state index contributed by atoms with van der Waals surface area (Å²) in [5.74, 6) is 0.357. The Labute approximate surface area is 278 Å². The van der Waals surface area contributed by atoms with Crippen LogP contribution in [0.25, 0.3) is 11.3 Å². The monoisotopic (exact) mass is 654 g/mol. The van der Waals surface area contributed by atoms with Crippen LogP contribution in [0.5, 0.6) is 11.5 Å². The molecule has 1 atom stereocenters. The minimum absolute atomic E-state index is 0.102. The van der Waals surface area contributed by atoms with Gasteiger partial charge in [-0.3, -0.25) is 9.59 Å². The highest BCUT2D eigenvalue weighted by Gasteiger charge is 2.33. The molecule has 5 aromatic rings. The Morgan fingerprint density at radius 3 is 2.24 bits per heavy atom. The molecule has 0 aliphatic heterocycles. The zero-order valence-electron chi connectivity index (χ0n) is 26.1. The van der Waals surface area contributed by atoms with Crippen LogP contribution in [0.1, 0.15) is 22.2 Å². The third-order valence-electron chi connectivity index (χ3n) is 7.45. The van der Waals surface area contributed by atoms with Gasteiger partial charge in [0.25, 0.3) is 5.91 Å². The van der Waals surface area contributed by atoms with E-state index in [2.05, 4.69) is 5.32 Å². The first-order valence-electron chi connectivity index (χ1n) is 14.6. The average molecular weight is 655 g/mol. The fourth-order valence-corrected chi connectivity index (χ4v) is 5.95. The van der Waals surface area contributed by atoms with Gasteiger partial charge >= 0.3 is 0 Å². The lowest BCUT2D eigenvalue weighted by atomic mass is 10.0. The van der Waals surface area contributed by atoms with E-state index in [4.69, 9.17) is 26.1 Å². The molecule has 2 amide bonds. The van der Waals surface area contributed by atoms with Crippen LogP contribution in [0.4, 0.5) is 11.4 Å². The number of carbonyl (C=O) groups is 2. The number of carbonyl (C=O) groups excluding carboxylic acids is 2. The minimum Gasteiger partial charge on any atom is -0.493 e. The molecule has 0 fully saturated rings. The number of ether oxygens (including phenoxy) is 2. The first kappa shape index (κ1) is 32.5. The van der Waals surface area contributed by atoms with Gasteiger partial charge in [-0.25, -0.2) is 4.98 Å². The van der Waals surface area contributed by atoms with E-state index in [1.807, 2.05) is 103 Å². The van der Waals surface area contributed by atoms with E-state index in [9.17, 15) is 9.59 Å². The highest BCUT2D eigenvalue weighted by atomic mass is 35.5. The Hall–Kier alpha value is -4.86. The summed E-state index contributed by atoms with van der Waals surface area (Å²) in [5, 5.41) is 6.30. The maximum Gasteiger partial charge on any atom is 0.251 e. The van der Waals surface area contributed by atoms with Crippen molar-refractivity contribution in [2.75, 3.05) is 38.5 Å². The van der Waals surface area contributed by atoms with E-state index in [1.54, 1.807) is 30.2 Å². The highest BCUT2D eigenvalue weighted by Crippen LogP contribution is 2.35. The van der Waals surface area contributed by atoms with Crippen LogP contribution < -0.4 is 19.7 Å². The fraction of sp³-hybridized carbons (Fsp3) is 0.194. The number of hydrogen-bond donors (Lipinski definition) is 1. The molecule has 0 radical (unpaired) electrons. The second-order valence-electron chi connectivity index (χ2n) is 10.8. The van der Waals surface area contributed by atoms with Crippen LogP contribution in [0, 0.1) is 0 Å². The lowest BCUT2D eigenvalue weighted by Crippen LogP contribution is -2.41. The van der Waals surface area contributed by atoms with Crippen molar-refractivity contribution in [3.63, 3.8) is 0 Å². The highest BCUT2D eigenvalue weighted by molar-refractivity contribution is 7.09. The van der Waals surface area contributed by atoms with Crippen molar-refractivity contribution < 1.29 is 19.1 Å². The number of nitrogens with zero attached hydrogens (tertiary/aromatic N) is 3. The van der Waals surface area contributed by atoms with Gasteiger partial charge in [0.1, 0.15) is 11.0 Å². The average Bonchev–Trinajstić information content (AvgIpc) is 3.54. The number of anilines is 2. The van der Waals surface area contributed by atoms with Crippen molar-refractivity contribution in [3.8, 4) is 22.8 Å². The Balaban J connectivity index is 1.56. The Kier molecular flexibility index (Phi) is 10.6. The molecule has 0 saturated heterocycles. The summed E-state index contributed by atoms with van der Waals surface area (Å²) in [6, 6.07) is 28.7. The third-order valence-corrected chi connectivity index (χ3v) is 8.54. The number of thiazole rings is 1. The van der Waals surface area contributed by atoms with Crippen LogP contribution >= 0.6 is 22.9 Å². The molecule has 8 nitrogen and oxygen atoms in total. The number of rotatable bonds is 12. The summed E-state index contributed by atoms with van der Waals surface area (Å²) < 4.78 is 11.1. The molecule has 0 aliphatic carbocycles. The second-order valence-corrected chi connectivity index (χ2v) is 12.1. The molecule has 0 aliphatic rings. The number of hydrogen-bond acceptors (Lipinski definition) is 7. The van der Waals surface area contributed by atoms with Crippen molar-refractivity contribution in [3.05, 3.63) is 124 Å². The molecule has 1 N–H and O–H groups in total. The Bertz CT molecular complexity index is 1780. The van der Waals surface area contributed by atoms with Gasteiger partial charge in [-0.15, -0.1) is 11.3 Å². The largest absolute Gasteiger partial charge is 0.493 e. The van der Waals surface area contributed by atoms with Crippen molar-refractivity contribution in [2.45, 2.75) is 19.0 Å². The SMILES string of the molecule is COc1ccc(C(C(=O)Nc2ccc(N(C)C)cc2)N(Cc2nc(-c3ccc(Cl)cc3)cs2)C(=O)Cc2ccccc2)cc1OC. The summed E-state index contributed by atoms with van der Waals surface area (Å²) >= 11 is 7.53. The van der Waals surface area contributed by atoms with Gasteiger partial charge in [-0.1, -0.05) is 60.1 Å². The van der Waals surface area contributed by atoms with Gasteiger partial charge in [0, 0.05) is 41.4 Å². The fourth-order valence-electron chi connectivity index (χ4n) is 5.03. The molecule has 0 bridgehead atoms. The molecule has 4 aromatic carbocycles. The molecular weight excluding hydrogens is 620 g/mol. The maximum atomic E-state index is 14.3. The number of amides is 2. The van der Waals surface area contributed by atoms with E-state index in [0.717, 1.165) is 22.5 Å². The van der Waals surface area contributed by atoms with E-state index >= 15 is 0 Å². The van der Waals surface area contributed by atoms with E-state index in [0.29, 0.717) is 32.8 Å². The van der Waals surface area contributed by atoms with Gasteiger partial charge in [-0.2, -0.15) is 0 Å². The molecule has 236 valence electrons. The first-order chi connectivity index (χ1) is 22.2. The zero-order chi connectivity index (χ0) is 32.6. The van der Waals surface area contributed by atoms with Crippen molar-refractivity contribution in [1.82, 2.24) is 9.88 Å². The summed E-state index contributed by atoms with van der Waals surface area (Å²) in [7, 11) is 6.99. The first-order valence-corrected chi connectivity index (χ1v) is 15.9. The molecule has 1 aromatic heterocycles. The molecule has 0 spiro atoms. The molecule has 1 heterocycles. The van der Waals surface area contributed by atoms with Gasteiger partial charge in [0.2, 0.25) is 5.91 Å². The predicted octanol–water partition coefficient (Wildman–Crippen LogP) is 7.50. The Morgan fingerprint density at radius 1 is 0.891 bits per heavy atom. The minimum atomic E-state index is -1.02. The standard InChI is InChI=1S/C36H35ClN4O4S/c1-40(2)29-17-15-28(16-18-29)38-36(43)35(26-12-19-31(44-3)32(21-26)45-4)41(34(42)20-24-8-6-5-7-9-24)22-33-39-30(23-46-33)25-10-13-27(37)14-11-25/h5-19,21,23,35H,20,22H2,1-4H3,(H,38,43). The predicted molar refractivity (Wildman–Crippen MR) is 185 cm³/mol. The van der Waals surface area contributed by atoms with E-state index < -0.39 is 6.04 Å². The molecule has 10 heteroatoms. The Morgan fingerprint density at radius 2 is 1.59 bits per heavy atom. The quantitative estimate of drug-likeness (QED) is 0.150. The number of nitrogens with one attached hydrogen (secondary N) is 1. The molecule has 0 saturated carbocycles. The molecule has 1 unspecified atom stereocenters. The van der Waals surface area contributed by atoms with E-state index in [1.165, 1.54) is 18.4 Å². The number of aromatic nitrogens is 1. The van der Waals surface area contributed by atoms with Gasteiger partial charge in [-0.05, 0) is 59.7 Å². The van der Waals surface area contributed by atoms with Crippen LogP contribution in [-0.2, 0) is 22.6 Å². The van der Waals surface area contributed by atoms with Gasteiger partial charge < -0.3 is 24.6 Å². The number of methoxy groups -OCH3 is 2. The molecule has 46 heavy (non-hydrogen) atoms. The van der Waals surface area contributed by atoms with Crippen LogP contribution in [0.15, 0.2) is 102 Å². The van der Waals surface area contributed by atoms with Crippen LogP contribution in [0.2, 0.25) is 5.02 Å². The van der Waals surface area contributed by atoms with Crippen LogP contribution in [-0.4, -0.2) is 50.0 Å². The summed E-state index contributed by atoms with van der Waals surface area (Å²) in [6.07, 6.45) is 0.102. The summed E-state index contributed by atoms with van der Waals surface area (Å²) in [6.45, 7) is 0.107. The molecular formula is C36H35ClN4O4S. The second kappa shape index (κ2) is 14.9. The van der Waals surface area contributed by atoms with E-state index in [-0.39, 0.29) is 24.8 Å². The van der Waals surface area contributed by atoms with Gasteiger partial charge in [0.15, 0.2) is 11.5 Å². The normalized spacial score (nSPS) is 11.4. The number of benzene rings is 4. The van der Waals surface area contributed by atoms with Crippen molar-refractivity contribution in [1.29, 1.82) is 0 Å². The third kappa shape index (κ3) is 7.85. The topological polar surface area (TPSA) is 84.0 Å². The maximum absolute atomic E-state index is 14.3. The van der Waals surface area contributed by atoms with Crippen molar-refractivity contribution >= 4 is 46.1 Å². The summed E-state index contributed by atoms with van der Waals surface area (Å²) in [5.41, 5.74) is 4.68. The van der Waals surface area contributed by atoms with Crippen LogP contribution in [0.3, 0.4) is 0 Å². The zero-order valence-corrected chi connectivity index (χ0v) is 27.6. The lowest BCUT2D eigenvalue weighted by molar-refractivity contribution is -0.139. The summed E-state index contributed by atoms with van der Waals surface area (Å²) in [4.78, 5) is 37.0. The van der Waals surface area contributed by atoms with Gasteiger partial charge in [0.05, 0.1) is 32.9 Å². The van der Waals surface area contributed by atoms with Crippen molar-refractivity contribution in [2.24, 2.45) is 0 Å². The molecule has 5 rings (SSSR count). The lowest BCUT2D eigenvalue weighted by Gasteiger charge is -2.31.